The van der Waals surface area contributed by atoms with Gasteiger partial charge in [-0.25, -0.2) is 0 Å². The second-order valence-corrected chi connectivity index (χ2v) is 18.1. The van der Waals surface area contributed by atoms with Crippen molar-refractivity contribution in [1.82, 2.24) is 0 Å². The summed E-state index contributed by atoms with van der Waals surface area (Å²) >= 11 is 0. The monoisotopic (exact) mass is 895 g/mol. The molecule has 0 N–H and O–H groups in total. The van der Waals surface area contributed by atoms with Crippen molar-refractivity contribution < 1.29 is 28.6 Å². The van der Waals surface area contributed by atoms with Crippen molar-refractivity contribution in [2.24, 2.45) is 0 Å². The number of carbonyl (C=O) groups excluding carboxylic acids is 3. The maximum Gasteiger partial charge on any atom is 0.306 e. The van der Waals surface area contributed by atoms with E-state index in [1.165, 1.54) is 122 Å². The summed E-state index contributed by atoms with van der Waals surface area (Å²) in [5.74, 6) is -0.914. The summed E-state index contributed by atoms with van der Waals surface area (Å²) in [6.45, 7) is 6.57. The summed E-state index contributed by atoms with van der Waals surface area (Å²) in [4.78, 5) is 38.0. The molecule has 0 bridgehead atoms. The summed E-state index contributed by atoms with van der Waals surface area (Å²) in [7, 11) is 0. The first-order valence-electron chi connectivity index (χ1n) is 27.3. The van der Waals surface area contributed by atoms with E-state index >= 15 is 0 Å². The van der Waals surface area contributed by atoms with Crippen LogP contribution < -0.4 is 0 Å². The van der Waals surface area contributed by atoms with Gasteiger partial charge in [0.1, 0.15) is 13.2 Å². The highest BCUT2D eigenvalue weighted by atomic mass is 16.6. The lowest BCUT2D eigenvalue weighted by molar-refractivity contribution is -0.167. The Morgan fingerprint density at radius 1 is 0.312 bits per heavy atom. The van der Waals surface area contributed by atoms with Crippen LogP contribution in [0.15, 0.2) is 60.8 Å². The average molecular weight is 895 g/mol. The molecule has 0 unspecified atom stereocenters. The van der Waals surface area contributed by atoms with Gasteiger partial charge in [0.2, 0.25) is 0 Å². The van der Waals surface area contributed by atoms with Gasteiger partial charge in [-0.1, -0.05) is 223 Å². The SMILES string of the molecule is CCCCC/C=C/C/C=C/C/C=C/CCCCCCC(=O)OC[C@@H](COC(=O)CCCCCCCCCCCCCCCC)OC(=O)CCCCCCC/C=C/C/C=C/CCCCC. The predicted molar refractivity (Wildman–Crippen MR) is 275 cm³/mol. The van der Waals surface area contributed by atoms with Gasteiger partial charge in [-0.05, 0) is 89.9 Å². The quantitative estimate of drug-likeness (QED) is 0.0262. The van der Waals surface area contributed by atoms with Crippen LogP contribution in [0.2, 0.25) is 0 Å². The zero-order chi connectivity index (χ0) is 46.5. The lowest BCUT2D eigenvalue weighted by Crippen LogP contribution is -2.30. The van der Waals surface area contributed by atoms with Gasteiger partial charge >= 0.3 is 17.9 Å². The minimum Gasteiger partial charge on any atom is -0.462 e. The smallest absolute Gasteiger partial charge is 0.306 e. The number of ether oxygens (including phenoxy) is 3. The van der Waals surface area contributed by atoms with Gasteiger partial charge < -0.3 is 14.2 Å². The molecule has 0 spiro atoms. The van der Waals surface area contributed by atoms with E-state index in [9.17, 15) is 14.4 Å². The third-order valence-electron chi connectivity index (χ3n) is 11.7. The lowest BCUT2D eigenvalue weighted by Gasteiger charge is -2.18. The molecule has 370 valence electrons. The zero-order valence-corrected chi connectivity index (χ0v) is 42.3. The lowest BCUT2D eigenvalue weighted by atomic mass is 10.0. The molecule has 0 aliphatic carbocycles. The van der Waals surface area contributed by atoms with Gasteiger partial charge in [0.05, 0.1) is 0 Å². The highest BCUT2D eigenvalue weighted by Gasteiger charge is 2.19. The van der Waals surface area contributed by atoms with Gasteiger partial charge in [0, 0.05) is 19.3 Å². The molecule has 0 fully saturated rings. The molecule has 64 heavy (non-hydrogen) atoms. The molecule has 0 heterocycles. The minimum absolute atomic E-state index is 0.0852. The summed E-state index contributed by atoms with van der Waals surface area (Å²) in [5, 5.41) is 0. The van der Waals surface area contributed by atoms with Crippen LogP contribution in [0.3, 0.4) is 0 Å². The molecule has 0 saturated carbocycles. The van der Waals surface area contributed by atoms with Gasteiger partial charge in [-0.15, -0.1) is 0 Å². The Bertz CT molecular complexity index is 1170. The van der Waals surface area contributed by atoms with Gasteiger partial charge in [0.25, 0.3) is 0 Å². The molecule has 0 aromatic heterocycles. The number of hydrogen-bond acceptors (Lipinski definition) is 6. The van der Waals surface area contributed by atoms with Crippen LogP contribution in [0.5, 0.6) is 0 Å². The third kappa shape index (κ3) is 50.1. The molecule has 0 aliphatic rings. The molecule has 6 heteroatoms. The number of esters is 3. The van der Waals surface area contributed by atoms with E-state index in [1.807, 2.05) is 0 Å². The molecular weight excluding hydrogens is 793 g/mol. The predicted octanol–water partition coefficient (Wildman–Crippen LogP) is 18.0. The Morgan fingerprint density at radius 2 is 0.562 bits per heavy atom. The molecule has 0 aromatic carbocycles. The van der Waals surface area contributed by atoms with E-state index in [1.54, 1.807) is 0 Å². The molecule has 1 atom stereocenters. The van der Waals surface area contributed by atoms with E-state index in [4.69, 9.17) is 14.2 Å². The van der Waals surface area contributed by atoms with Gasteiger partial charge in [-0.2, -0.15) is 0 Å². The molecular formula is C58H102O6. The van der Waals surface area contributed by atoms with E-state index in [0.717, 1.165) is 109 Å². The van der Waals surface area contributed by atoms with Crippen molar-refractivity contribution in [3.8, 4) is 0 Å². The number of unbranched alkanes of at least 4 members (excludes halogenated alkanes) is 28. The zero-order valence-electron chi connectivity index (χ0n) is 42.3. The van der Waals surface area contributed by atoms with Crippen LogP contribution in [-0.2, 0) is 28.6 Å². The normalized spacial score (nSPS) is 12.5. The molecule has 0 amide bonds. The van der Waals surface area contributed by atoms with Crippen molar-refractivity contribution in [1.29, 1.82) is 0 Å². The van der Waals surface area contributed by atoms with Crippen LogP contribution in [-0.4, -0.2) is 37.2 Å². The van der Waals surface area contributed by atoms with Crippen LogP contribution in [0.25, 0.3) is 0 Å². The standard InChI is InChI=1S/C58H102O6/c1-4-7-10-13-16-19-22-25-28-29-31-33-36-39-42-45-48-51-57(60)63-54-55(53-62-56(59)50-47-44-41-38-35-32-27-24-21-18-15-12-9-6-3)64-58(61)52-49-46-43-40-37-34-30-26-23-20-17-14-11-8-5-2/h16-17,19-20,25-26,28,30-31,33,55H,4-15,18,21-24,27,29,32,34-54H2,1-3H3/b19-16+,20-17+,28-25+,30-26+,33-31+/t55-/m1/s1. The first kappa shape index (κ1) is 61.1. The number of allylic oxidation sites excluding steroid dienone is 10. The highest BCUT2D eigenvalue weighted by Crippen LogP contribution is 2.15. The average Bonchev–Trinajstić information content (AvgIpc) is 3.29. The van der Waals surface area contributed by atoms with E-state index in [2.05, 4.69) is 81.5 Å². The fourth-order valence-electron chi connectivity index (χ4n) is 7.60. The van der Waals surface area contributed by atoms with Crippen LogP contribution in [0, 0.1) is 0 Å². The van der Waals surface area contributed by atoms with Crippen LogP contribution in [0.1, 0.15) is 271 Å². The Morgan fingerprint density at radius 3 is 0.906 bits per heavy atom. The third-order valence-corrected chi connectivity index (χ3v) is 11.7. The Labute approximate surface area is 396 Å². The second-order valence-electron chi connectivity index (χ2n) is 18.1. The van der Waals surface area contributed by atoms with Gasteiger partial charge in [0.15, 0.2) is 6.10 Å². The number of carbonyl (C=O) groups is 3. The van der Waals surface area contributed by atoms with E-state index < -0.39 is 6.10 Å². The van der Waals surface area contributed by atoms with Crippen molar-refractivity contribution in [2.75, 3.05) is 13.2 Å². The van der Waals surface area contributed by atoms with Crippen molar-refractivity contribution in [3.05, 3.63) is 60.8 Å². The van der Waals surface area contributed by atoms with Crippen molar-refractivity contribution in [3.63, 3.8) is 0 Å². The highest BCUT2D eigenvalue weighted by molar-refractivity contribution is 5.71. The van der Waals surface area contributed by atoms with E-state index in [-0.39, 0.29) is 31.1 Å². The largest absolute Gasteiger partial charge is 0.462 e. The first-order chi connectivity index (χ1) is 31.5. The summed E-state index contributed by atoms with van der Waals surface area (Å²) in [6.07, 6.45) is 64.8. The first-order valence-corrected chi connectivity index (χ1v) is 27.3. The van der Waals surface area contributed by atoms with Gasteiger partial charge in [-0.3, -0.25) is 14.4 Å². The molecule has 0 saturated heterocycles. The van der Waals surface area contributed by atoms with Crippen molar-refractivity contribution >= 4 is 17.9 Å². The Balaban J connectivity index is 4.43. The number of hydrogen-bond donors (Lipinski definition) is 0. The van der Waals surface area contributed by atoms with Crippen LogP contribution >= 0.6 is 0 Å². The maximum atomic E-state index is 12.8. The second kappa shape index (κ2) is 52.7. The molecule has 0 radical (unpaired) electrons. The Kier molecular flexibility index (Phi) is 50.4. The molecule has 0 aromatic rings. The topological polar surface area (TPSA) is 78.9 Å². The van der Waals surface area contributed by atoms with Crippen molar-refractivity contribution in [2.45, 2.75) is 277 Å². The van der Waals surface area contributed by atoms with Crippen LogP contribution in [0.4, 0.5) is 0 Å². The fourth-order valence-corrected chi connectivity index (χ4v) is 7.60. The molecule has 0 aliphatic heterocycles. The number of rotatable bonds is 49. The maximum absolute atomic E-state index is 12.8. The summed E-state index contributed by atoms with van der Waals surface area (Å²) in [5.41, 5.74) is 0. The molecule has 0 rings (SSSR count). The summed E-state index contributed by atoms with van der Waals surface area (Å²) < 4.78 is 16.8. The fraction of sp³-hybridized carbons (Fsp3) is 0.776. The van der Waals surface area contributed by atoms with E-state index in [0.29, 0.717) is 19.3 Å². The molecule has 6 nitrogen and oxygen atoms in total. The Hall–Kier alpha value is -2.89. The minimum atomic E-state index is -0.789. The summed E-state index contributed by atoms with van der Waals surface area (Å²) in [6, 6.07) is 0.